The van der Waals surface area contributed by atoms with Crippen LogP contribution in [-0.2, 0) is 18.3 Å². The molecule has 4 rings (SSSR count). The van der Waals surface area contributed by atoms with Crippen molar-refractivity contribution in [2.24, 2.45) is 7.05 Å². The first-order valence-corrected chi connectivity index (χ1v) is 9.22. The fraction of sp³-hybridized carbons (Fsp3) is 0.150. The number of nitrogens with one attached hydrogen (secondary N) is 1. The summed E-state index contributed by atoms with van der Waals surface area (Å²) >= 11 is 12.1. The minimum Gasteiger partial charge on any atom is -0.461 e. The lowest BCUT2D eigenvalue weighted by atomic mass is 10.1. The van der Waals surface area contributed by atoms with E-state index >= 15 is 0 Å². The molecule has 0 radical (unpaired) electrons. The molecule has 0 aliphatic rings. The number of aromatic nitrogens is 2. The third kappa shape index (κ3) is 3.37. The Bertz CT molecular complexity index is 1310. The zero-order valence-electron chi connectivity index (χ0n) is 15.0. The Morgan fingerprint density at radius 1 is 1.14 bits per heavy atom. The van der Waals surface area contributed by atoms with Gasteiger partial charge in [-0.05, 0) is 43.3 Å². The van der Waals surface area contributed by atoms with Crippen molar-refractivity contribution in [2.75, 3.05) is 5.32 Å². The van der Waals surface area contributed by atoms with Crippen LogP contribution < -0.4 is 10.9 Å². The molecule has 2 aromatic carbocycles. The molecule has 0 saturated carbocycles. The number of carbonyl (C=O) groups excluding carboxylic acids is 1. The standard InChI is InChI=1S/C20H15Cl2N3O3/c1-10-5-11-6-12(3-4-18(11)28-10)23-19(26)9-17-13-7-15(21)16(22)8-14(13)20(27)25(2)24-17/h3-8H,9H2,1-2H3,(H,23,26). The third-order valence-corrected chi connectivity index (χ3v) is 5.14. The highest BCUT2D eigenvalue weighted by molar-refractivity contribution is 6.42. The summed E-state index contributed by atoms with van der Waals surface area (Å²) < 4.78 is 6.73. The maximum atomic E-state index is 12.6. The van der Waals surface area contributed by atoms with Gasteiger partial charge in [-0.2, -0.15) is 5.10 Å². The van der Waals surface area contributed by atoms with Crippen molar-refractivity contribution in [1.29, 1.82) is 0 Å². The molecule has 0 fully saturated rings. The van der Waals surface area contributed by atoms with Gasteiger partial charge in [0, 0.05) is 23.5 Å². The maximum absolute atomic E-state index is 12.6. The van der Waals surface area contributed by atoms with Crippen LogP contribution in [0.4, 0.5) is 5.69 Å². The summed E-state index contributed by atoms with van der Waals surface area (Å²) in [6.07, 6.45) is -0.0228. The average molecular weight is 416 g/mol. The van der Waals surface area contributed by atoms with Gasteiger partial charge in [-0.15, -0.1) is 0 Å². The van der Waals surface area contributed by atoms with Crippen LogP contribution in [0, 0.1) is 6.92 Å². The lowest BCUT2D eigenvalue weighted by Crippen LogP contribution is -2.24. The second-order valence-corrected chi connectivity index (χ2v) is 7.34. The van der Waals surface area contributed by atoms with Gasteiger partial charge >= 0.3 is 0 Å². The van der Waals surface area contributed by atoms with E-state index in [1.165, 1.54) is 17.8 Å². The molecule has 142 valence electrons. The van der Waals surface area contributed by atoms with Crippen molar-refractivity contribution in [3.05, 3.63) is 68.3 Å². The molecule has 1 amide bonds. The largest absolute Gasteiger partial charge is 0.461 e. The molecule has 2 aromatic heterocycles. The molecule has 0 saturated heterocycles. The molecule has 0 spiro atoms. The molecule has 2 heterocycles. The van der Waals surface area contributed by atoms with E-state index in [0.717, 1.165) is 16.7 Å². The van der Waals surface area contributed by atoms with Crippen LogP contribution in [0.15, 0.2) is 45.6 Å². The van der Waals surface area contributed by atoms with E-state index in [4.69, 9.17) is 27.6 Å². The lowest BCUT2D eigenvalue weighted by molar-refractivity contribution is -0.115. The summed E-state index contributed by atoms with van der Waals surface area (Å²) in [5, 5.41) is 9.43. The summed E-state index contributed by atoms with van der Waals surface area (Å²) in [7, 11) is 1.53. The summed E-state index contributed by atoms with van der Waals surface area (Å²) in [4.78, 5) is 24.9. The first kappa shape index (κ1) is 18.5. The Balaban J connectivity index is 1.66. The van der Waals surface area contributed by atoms with Gasteiger partial charge in [-0.3, -0.25) is 9.59 Å². The van der Waals surface area contributed by atoms with Gasteiger partial charge in [0.15, 0.2) is 0 Å². The Hall–Kier alpha value is -2.83. The fourth-order valence-corrected chi connectivity index (χ4v) is 3.49. The van der Waals surface area contributed by atoms with Gasteiger partial charge in [0.2, 0.25) is 5.91 Å². The van der Waals surface area contributed by atoms with Crippen molar-refractivity contribution < 1.29 is 9.21 Å². The van der Waals surface area contributed by atoms with Crippen LogP contribution in [-0.4, -0.2) is 15.7 Å². The predicted molar refractivity (Wildman–Crippen MR) is 110 cm³/mol. The highest BCUT2D eigenvalue weighted by Crippen LogP contribution is 2.28. The minimum atomic E-state index is -0.307. The number of hydrogen-bond donors (Lipinski definition) is 1. The van der Waals surface area contributed by atoms with Gasteiger partial charge in [-0.1, -0.05) is 23.2 Å². The molecule has 28 heavy (non-hydrogen) atoms. The minimum absolute atomic E-state index is 0.0228. The van der Waals surface area contributed by atoms with E-state index in [1.807, 2.05) is 19.1 Å². The maximum Gasteiger partial charge on any atom is 0.274 e. The number of hydrogen-bond acceptors (Lipinski definition) is 4. The first-order valence-electron chi connectivity index (χ1n) is 8.47. The van der Waals surface area contributed by atoms with Gasteiger partial charge in [0.25, 0.3) is 5.56 Å². The summed E-state index contributed by atoms with van der Waals surface area (Å²) in [5.41, 5.74) is 1.54. The van der Waals surface area contributed by atoms with E-state index in [9.17, 15) is 9.59 Å². The van der Waals surface area contributed by atoms with Gasteiger partial charge < -0.3 is 9.73 Å². The SMILES string of the molecule is Cc1cc2cc(NC(=O)Cc3nn(C)c(=O)c4cc(Cl)c(Cl)cc34)ccc2o1. The average Bonchev–Trinajstić information content (AvgIpc) is 3.00. The molecule has 0 bridgehead atoms. The van der Waals surface area contributed by atoms with Gasteiger partial charge in [0.1, 0.15) is 11.3 Å². The molecule has 0 unspecified atom stereocenters. The second kappa shape index (κ2) is 6.96. The summed E-state index contributed by atoms with van der Waals surface area (Å²) in [6.45, 7) is 1.87. The number of halogens is 2. The molecular weight excluding hydrogens is 401 g/mol. The van der Waals surface area contributed by atoms with Crippen molar-refractivity contribution in [3.8, 4) is 0 Å². The number of amides is 1. The fourth-order valence-electron chi connectivity index (χ4n) is 3.16. The predicted octanol–water partition coefficient (Wildman–Crippen LogP) is 4.48. The number of benzene rings is 2. The molecule has 6 nitrogen and oxygen atoms in total. The van der Waals surface area contributed by atoms with Crippen LogP contribution >= 0.6 is 23.2 Å². The third-order valence-electron chi connectivity index (χ3n) is 4.42. The Labute approximate surface area is 169 Å². The highest BCUT2D eigenvalue weighted by atomic mass is 35.5. The zero-order valence-corrected chi connectivity index (χ0v) is 16.6. The summed E-state index contributed by atoms with van der Waals surface area (Å²) in [5.74, 6) is 0.535. The molecular formula is C20H15Cl2N3O3. The van der Waals surface area contributed by atoms with Crippen LogP contribution in [0.3, 0.4) is 0 Å². The Kier molecular flexibility index (Phi) is 4.61. The number of anilines is 1. The Morgan fingerprint density at radius 2 is 1.86 bits per heavy atom. The van der Waals surface area contributed by atoms with Crippen LogP contribution in [0.1, 0.15) is 11.5 Å². The normalized spacial score (nSPS) is 11.3. The van der Waals surface area contributed by atoms with Crippen molar-refractivity contribution in [3.63, 3.8) is 0 Å². The smallest absolute Gasteiger partial charge is 0.274 e. The molecule has 0 atom stereocenters. The number of aryl methyl sites for hydroxylation is 2. The quantitative estimate of drug-likeness (QED) is 0.535. The van der Waals surface area contributed by atoms with Crippen molar-refractivity contribution >= 4 is 56.5 Å². The topological polar surface area (TPSA) is 77.1 Å². The zero-order chi connectivity index (χ0) is 20.0. The van der Waals surface area contributed by atoms with E-state index in [1.54, 1.807) is 18.2 Å². The van der Waals surface area contributed by atoms with E-state index in [2.05, 4.69) is 10.4 Å². The van der Waals surface area contributed by atoms with E-state index < -0.39 is 0 Å². The number of furan rings is 1. The monoisotopic (exact) mass is 415 g/mol. The Morgan fingerprint density at radius 3 is 2.61 bits per heavy atom. The van der Waals surface area contributed by atoms with Crippen LogP contribution in [0.2, 0.25) is 10.0 Å². The van der Waals surface area contributed by atoms with Crippen molar-refractivity contribution in [2.45, 2.75) is 13.3 Å². The van der Waals surface area contributed by atoms with Gasteiger partial charge in [-0.25, -0.2) is 4.68 Å². The number of rotatable bonds is 3. The van der Waals surface area contributed by atoms with Gasteiger partial charge in [0.05, 0.1) is 27.5 Å². The number of fused-ring (bicyclic) bond motifs is 2. The van der Waals surface area contributed by atoms with E-state index in [-0.39, 0.29) is 22.9 Å². The first-order chi connectivity index (χ1) is 13.3. The second-order valence-electron chi connectivity index (χ2n) is 6.52. The van der Waals surface area contributed by atoms with Crippen LogP contribution in [0.25, 0.3) is 21.7 Å². The van der Waals surface area contributed by atoms with Crippen molar-refractivity contribution in [1.82, 2.24) is 9.78 Å². The lowest BCUT2D eigenvalue weighted by Gasteiger charge is -2.10. The summed E-state index contributed by atoms with van der Waals surface area (Å²) in [6, 6.07) is 10.4. The van der Waals surface area contributed by atoms with E-state index in [0.29, 0.717) is 27.2 Å². The molecule has 1 N–H and O–H groups in total. The molecule has 8 heteroatoms. The highest BCUT2D eigenvalue weighted by Gasteiger charge is 2.15. The van der Waals surface area contributed by atoms with Crippen LogP contribution in [0.5, 0.6) is 0 Å². The molecule has 0 aliphatic heterocycles. The number of carbonyl (C=O) groups is 1. The number of nitrogens with zero attached hydrogens (tertiary/aromatic N) is 2. The molecule has 4 aromatic rings. The molecule has 0 aliphatic carbocycles.